The van der Waals surface area contributed by atoms with Crippen molar-refractivity contribution in [3.8, 4) is 0 Å². The molecular formula is C10H16N4O2. The maximum Gasteiger partial charge on any atom is 0.270 e. The van der Waals surface area contributed by atoms with Gasteiger partial charge in [0.1, 0.15) is 5.69 Å². The van der Waals surface area contributed by atoms with Gasteiger partial charge in [-0.15, -0.1) is 0 Å². The Morgan fingerprint density at radius 1 is 1.25 bits per heavy atom. The summed E-state index contributed by atoms with van der Waals surface area (Å²) in [5.74, 6) is -0.629. The lowest BCUT2D eigenvalue weighted by Gasteiger charge is -2.10. The molecule has 0 aromatic carbocycles. The van der Waals surface area contributed by atoms with Gasteiger partial charge >= 0.3 is 0 Å². The smallest absolute Gasteiger partial charge is 0.270 e. The van der Waals surface area contributed by atoms with Crippen molar-refractivity contribution in [3.05, 3.63) is 17.5 Å². The summed E-state index contributed by atoms with van der Waals surface area (Å²) in [5, 5.41) is 9.03. The molecule has 1 aromatic rings. The minimum atomic E-state index is -0.315. The highest BCUT2D eigenvalue weighted by molar-refractivity contribution is 6.05. The highest BCUT2D eigenvalue weighted by Gasteiger charge is 2.22. The average molecular weight is 224 g/mol. The molecule has 88 valence electrons. The summed E-state index contributed by atoms with van der Waals surface area (Å²) in [6, 6.07) is 0.0192. The molecule has 0 atom stereocenters. The molecule has 2 amide bonds. The number of hydrogen-bond donors (Lipinski definition) is 2. The van der Waals surface area contributed by atoms with E-state index in [9.17, 15) is 9.59 Å². The lowest BCUT2D eigenvalue weighted by molar-refractivity contribution is 0.0921. The van der Waals surface area contributed by atoms with Crippen LogP contribution < -0.4 is 10.6 Å². The predicted octanol–water partition coefficient (Wildman–Crippen LogP) is 0.183. The summed E-state index contributed by atoms with van der Waals surface area (Å²) < 4.78 is 1.53. The standard InChI is InChI=1S/C10H16N4O2/c1-6(2)14-8(10(16)12-4)7(5-13-14)9(15)11-3/h5-6H,1-4H3,(H,11,15)(H,12,16). The fraction of sp³-hybridized carbons (Fsp3) is 0.500. The molecule has 16 heavy (non-hydrogen) atoms. The van der Waals surface area contributed by atoms with Crippen LogP contribution >= 0.6 is 0 Å². The summed E-state index contributed by atoms with van der Waals surface area (Å²) in [5.41, 5.74) is 0.576. The molecule has 0 spiro atoms. The van der Waals surface area contributed by atoms with Crippen LogP contribution in [0.15, 0.2) is 6.20 Å². The van der Waals surface area contributed by atoms with Crippen molar-refractivity contribution in [3.63, 3.8) is 0 Å². The van der Waals surface area contributed by atoms with Gasteiger partial charge in [0.2, 0.25) is 0 Å². The average Bonchev–Trinajstić information content (AvgIpc) is 2.71. The minimum Gasteiger partial charge on any atom is -0.355 e. The zero-order chi connectivity index (χ0) is 12.3. The summed E-state index contributed by atoms with van der Waals surface area (Å²) in [7, 11) is 3.04. The first-order valence-electron chi connectivity index (χ1n) is 5.04. The van der Waals surface area contributed by atoms with Crippen LogP contribution in [0.25, 0.3) is 0 Å². The molecule has 6 heteroatoms. The molecule has 0 saturated heterocycles. The Balaban J connectivity index is 3.30. The van der Waals surface area contributed by atoms with Crippen molar-refractivity contribution < 1.29 is 9.59 Å². The van der Waals surface area contributed by atoms with E-state index in [0.717, 1.165) is 0 Å². The molecule has 0 aliphatic heterocycles. The fourth-order valence-corrected chi connectivity index (χ4v) is 1.40. The third kappa shape index (κ3) is 2.05. The molecule has 6 nitrogen and oxygen atoms in total. The molecule has 0 radical (unpaired) electrons. The van der Waals surface area contributed by atoms with Crippen molar-refractivity contribution in [1.82, 2.24) is 20.4 Å². The quantitative estimate of drug-likeness (QED) is 0.769. The van der Waals surface area contributed by atoms with Crippen LogP contribution in [-0.2, 0) is 0 Å². The molecule has 1 heterocycles. The zero-order valence-electron chi connectivity index (χ0n) is 9.87. The number of nitrogens with zero attached hydrogens (tertiary/aromatic N) is 2. The van der Waals surface area contributed by atoms with E-state index in [4.69, 9.17) is 0 Å². The highest BCUT2D eigenvalue weighted by Crippen LogP contribution is 2.13. The molecular weight excluding hydrogens is 208 g/mol. The fourth-order valence-electron chi connectivity index (χ4n) is 1.40. The van der Waals surface area contributed by atoms with E-state index in [1.807, 2.05) is 13.8 Å². The number of carbonyl (C=O) groups excluding carboxylic acids is 2. The highest BCUT2D eigenvalue weighted by atomic mass is 16.2. The SMILES string of the molecule is CNC(=O)c1cnn(C(C)C)c1C(=O)NC. The lowest BCUT2D eigenvalue weighted by Crippen LogP contribution is -2.27. The number of carbonyl (C=O) groups is 2. The van der Waals surface area contributed by atoms with Gasteiger partial charge in [-0.2, -0.15) is 5.10 Å². The first-order valence-corrected chi connectivity index (χ1v) is 5.04. The van der Waals surface area contributed by atoms with Gasteiger partial charge in [0.05, 0.1) is 11.8 Å². The molecule has 2 N–H and O–H groups in total. The second-order valence-electron chi connectivity index (χ2n) is 3.60. The van der Waals surface area contributed by atoms with E-state index in [1.165, 1.54) is 25.0 Å². The minimum absolute atomic E-state index is 0.0192. The Morgan fingerprint density at radius 3 is 2.25 bits per heavy atom. The number of nitrogens with one attached hydrogen (secondary N) is 2. The van der Waals surface area contributed by atoms with Crippen molar-refractivity contribution in [1.29, 1.82) is 0 Å². The second kappa shape index (κ2) is 4.78. The van der Waals surface area contributed by atoms with Crippen LogP contribution in [0.4, 0.5) is 0 Å². The third-order valence-electron chi connectivity index (χ3n) is 2.20. The maximum atomic E-state index is 11.7. The van der Waals surface area contributed by atoms with E-state index < -0.39 is 0 Å². The Kier molecular flexibility index (Phi) is 3.65. The summed E-state index contributed by atoms with van der Waals surface area (Å²) >= 11 is 0. The number of aromatic nitrogens is 2. The molecule has 0 bridgehead atoms. The van der Waals surface area contributed by atoms with E-state index in [0.29, 0.717) is 0 Å². The molecule has 0 fully saturated rings. The second-order valence-corrected chi connectivity index (χ2v) is 3.60. The summed E-state index contributed by atoms with van der Waals surface area (Å²) in [6.07, 6.45) is 1.41. The largest absolute Gasteiger partial charge is 0.355 e. The number of amides is 2. The molecule has 0 saturated carbocycles. The van der Waals surface area contributed by atoms with Crippen molar-refractivity contribution >= 4 is 11.8 Å². The van der Waals surface area contributed by atoms with Gasteiger partial charge in [0.15, 0.2) is 0 Å². The van der Waals surface area contributed by atoms with Crippen LogP contribution in [0.2, 0.25) is 0 Å². The Morgan fingerprint density at radius 2 is 1.81 bits per heavy atom. The van der Waals surface area contributed by atoms with Crippen LogP contribution in [0.1, 0.15) is 40.7 Å². The van der Waals surface area contributed by atoms with Gasteiger partial charge in [0.25, 0.3) is 11.8 Å². The predicted molar refractivity (Wildman–Crippen MR) is 59.4 cm³/mol. The van der Waals surface area contributed by atoms with Gasteiger partial charge in [-0.1, -0.05) is 0 Å². The van der Waals surface area contributed by atoms with Gasteiger partial charge in [0, 0.05) is 20.1 Å². The summed E-state index contributed by atoms with van der Waals surface area (Å²) in [6.45, 7) is 3.79. The Bertz CT molecular complexity index is 409. The Hall–Kier alpha value is -1.85. The first-order chi connectivity index (χ1) is 7.52. The van der Waals surface area contributed by atoms with E-state index in [-0.39, 0.29) is 29.1 Å². The van der Waals surface area contributed by atoms with Crippen LogP contribution in [0.5, 0.6) is 0 Å². The number of rotatable bonds is 3. The van der Waals surface area contributed by atoms with Gasteiger partial charge in [-0.05, 0) is 13.8 Å². The third-order valence-corrected chi connectivity index (χ3v) is 2.20. The zero-order valence-corrected chi connectivity index (χ0v) is 9.87. The normalized spacial score (nSPS) is 10.3. The van der Waals surface area contributed by atoms with Crippen molar-refractivity contribution in [2.45, 2.75) is 19.9 Å². The first kappa shape index (κ1) is 12.2. The molecule has 1 aromatic heterocycles. The summed E-state index contributed by atoms with van der Waals surface area (Å²) in [4.78, 5) is 23.2. The van der Waals surface area contributed by atoms with Gasteiger partial charge in [-0.25, -0.2) is 0 Å². The van der Waals surface area contributed by atoms with E-state index in [1.54, 1.807) is 0 Å². The van der Waals surface area contributed by atoms with E-state index in [2.05, 4.69) is 15.7 Å². The lowest BCUT2D eigenvalue weighted by atomic mass is 10.2. The van der Waals surface area contributed by atoms with Crippen molar-refractivity contribution in [2.24, 2.45) is 0 Å². The van der Waals surface area contributed by atoms with Gasteiger partial charge < -0.3 is 10.6 Å². The Labute approximate surface area is 94.0 Å². The molecule has 1 rings (SSSR count). The molecule has 0 unspecified atom stereocenters. The molecule has 0 aliphatic rings. The van der Waals surface area contributed by atoms with Crippen LogP contribution in [0, 0.1) is 0 Å². The van der Waals surface area contributed by atoms with Crippen molar-refractivity contribution in [2.75, 3.05) is 14.1 Å². The van der Waals surface area contributed by atoms with Crippen LogP contribution in [-0.4, -0.2) is 35.7 Å². The van der Waals surface area contributed by atoms with Gasteiger partial charge in [-0.3, -0.25) is 14.3 Å². The number of hydrogen-bond acceptors (Lipinski definition) is 3. The topological polar surface area (TPSA) is 76.0 Å². The van der Waals surface area contributed by atoms with Crippen LogP contribution in [0.3, 0.4) is 0 Å². The van der Waals surface area contributed by atoms with E-state index >= 15 is 0 Å². The maximum absolute atomic E-state index is 11.7. The molecule has 0 aliphatic carbocycles. The monoisotopic (exact) mass is 224 g/mol.